The molecule has 1 aromatic carbocycles. The first kappa shape index (κ1) is 17.2. The number of H-pyrrole nitrogens is 1. The topological polar surface area (TPSA) is 96.0 Å². The fourth-order valence-electron chi connectivity index (χ4n) is 4.36. The molecule has 0 spiro atoms. The van der Waals surface area contributed by atoms with Crippen LogP contribution in [0.15, 0.2) is 36.5 Å². The van der Waals surface area contributed by atoms with Crippen molar-refractivity contribution in [3.8, 4) is 34.0 Å². The first-order valence-corrected chi connectivity index (χ1v) is 9.76. The highest BCUT2D eigenvalue weighted by Gasteiger charge is 2.34. The van der Waals surface area contributed by atoms with Gasteiger partial charge in [0.2, 0.25) is 5.88 Å². The lowest BCUT2D eigenvalue weighted by Crippen LogP contribution is -2.42. The summed E-state index contributed by atoms with van der Waals surface area (Å²) in [5.41, 5.74) is 4.02. The number of benzene rings is 1. The lowest BCUT2D eigenvalue weighted by molar-refractivity contribution is 0.130. The molecule has 0 saturated carbocycles. The van der Waals surface area contributed by atoms with Gasteiger partial charge >= 0.3 is 0 Å². The summed E-state index contributed by atoms with van der Waals surface area (Å²) >= 11 is 0. The predicted molar refractivity (Wildman–Crippen MR) is 105 cm³/mol. The first-order chi connectivity index (χ1) is 13.7. The summed E-state index contributed by atoms with van der Waals surface area (Å²) < 4.78 is 6.05. The third-order valence-electron chi connectivity index (χ3n) is 5.77. The van der Waals surface area contributed by atoms with Crippen LogP contribution in [0, 0.1) is 6.92 Å². The molecular weight excluding hydrogens is 354 g/mol. The van der Waals surface area contributed by atoms with E-state index in [-0.39, 0.29) is 11.9 Å². The minimum absolute atomic E-state index is 0.163. The lowest BCUT2D eigenvalue weighted by Gasteiger charge is -2.28. The highest BCUT2D eigenvalue weighted by atomic mass is 16.5. The molecule has 3 N–H and O–H groups in total. The summed E-state index contributed by atoms with van der Waals surface area (Å²) in [7, 11) is 0. The van der Waals surface area contributed by atoms with E-state index >= 15 is 0 Å². The van der Waals surface area contributed by atoms with Crippen molar-refractivity contribution >= 4 is 0 Å². The molecule has 7 nitrogen and oxygen atoms in total. The molecule has 0 aliphatic carbocycles. The number of aromatic nitrogens is 4. The Labute approximate surface area is 163 Å². The van der Waals surface area contributed by atoms with E-state index in [1.165, 1.54) is 12.8 Å². The van der Waals surface area contributed by atoms with Crippen LogP contribution in [-0.4, -0.2) is 43.7 Å². The summed E-state index contributed by atoms with van der Waals surface area (Å²) in [4.78, 5) is 0. The van der Waals surface area contributed by atoms with Crippen molar-refractivity contribution in [2.45, 2.75) is 50.8 Å². The maximum Gasteiger partial charge on any atom is 0.233 e. The molecule has 0 radical (unpaired) electrons. The van der Waals surface area contributed by atoms with E-state index in [1.54, 1.807) is 6.07 Å². The molecule has 0 unspecified atom stereocenters. The normalized spacial score (nSPS) is 23.7. The van der Waals surface area contributed by atoms with Crippen molar-refractivity contribution in [2.75, 3.05) is 0 Å². The summed E-state index contributed by atoms with van der Waals surface area (Å²) in [6.45, 7) is 1.93. The van der Waals surface area contributed by atoms with Gasteiger partial charge in [-0.25, -0.2) is 0 Å². The highest BCUT2D eigenvalue weighted by molar-refractivity contribution is 5.74. The number of fused-ring (bicyclic) bond motifs is 2. The molecule has 2 bridgehead atoms. The molecule has 2 aromatic heterocycles. The van der Waals surface area contributed by atoms with E-state index < -0.39 is 0 Å². The van der Waals surface area contributed by atoms with Crippen molar-refractivity contribution in [3.05, 3.63) is 42.2 Å². The maximum atomic E-state index is 10.5. The van der Waals surface area contributed by atoms with Crippen LogP contribution < -0.4 is 10.1 Å². The van der Waals surface area contributed by atoms with Gasteiger partial charge in [0.25, 0.3) is 0 Å². The van der Waals surface area contributed by atoms with Crippen LogP contribution in [0.25, 0.3) is 22.4 Å². The second kappa shape index (κ2) is 6.91. The molecule has 2 saturated heterocycles. The predicted octanol–water partition coefficient (Wildman–Crippen LogP) is 3.21. The van der Waals surface area contributed by atoms with Crippen LogP contribution in [-0.2, 0) is 0 Å². The van der Waals surface area contributed by atoms with E-state index in [2.05, 4.69) is 25.7 Å². The molecule has 0 amide bonds. The lowest BCUT2D eigenvalue weighted by atomic mass is 10.0. The number of rotatable bonds is 4. The van der Waals surface area contributed by atoms with Gasteiger partial charge in [0.1, 0.15) is 11.9 Å². The van der Waals surface area contributed by atoms with Crippen molar-refractivity contribution < 1.29 is 9.84 Å². The summed E-state index contributed by atoms with van der Waals surface area (Å²) in [6, 6.07) is 10.4. The zero-order valence-electron chi connectivity index (χ0n) is 15.7. The van der Waals surface area contributed by atoms with Gasteiger partial charge in [-0.15, -0.1) is 10.2 Å². The Kier molecular flexibility index (Phi) is 4.24. The van der Waals surface area contributed by atoms with E-state index in [0.717, 1.165) is 29.7 Å². The maximum absolute atomic E-state index is 10.5. The molecule has 2 aliphatic rings. The first-order valence-electron chi connectivity index (χ1n) is 9.76. The third-order valence-corrected chi connectivity index (χ3v) is 5.77. The van der Waals surface area contributed by atoms with Crippen LogP contribution in [0.5, 0.6) is 11.6 Å². The summed E-state index contributed by atoms with van der Waals surface area (Å²) in [6.07, 6.45) is 6.55. The molecule has 4 heterocycles. The second-order valence-corrected chi connectivity index (χ2v) is 7.72. The van der Waals surface area contributed by atoms with Gasteiger partial charge in [0.05, 0.1) is 11.4 Å². The van der Waals surface area contributed by atoms with Gasteiger partial charge < -0.3 is 15.2 Å². The number of hydrogen-bond donors (Lipinski definition) is 3. The molecule has 7 heteroatoms. The fraction of sp³-hybridized carbons (Fsp3) is 0.381. The Hall–Kier alpha value is -2.93. The number of ether oxygens (including phenoxy) is 1. The standard InChI is InChI=1S/C21H23N5O2/c1-12-18(11-22-24-12)13-2-5-17(20(27)8-13)19-6-7-21(26-25-19)28-16-9-14-3-4-15(10-16)23-14/h2,5-8,11,14-16,23,27H,3-4,9-10H2,1H3,(H,22,24)/t14-,15+,16+. The zero-order chi connectivity index (χ0) is 19.1. The minimum Gasteiger partial charge on any atom is -0.507 e. The molecule has 5 rings (SSSR count). The van der Waals surface area contributed by atoms with Crippen LogP contribution >= 0.6 is 0 Å². The smallest absolute Gasteiger partial charge is 0.233 e. The average molecular weight is 377 g/mol. The molecule has 28 heavy (non-hydrogen) atoms. The van der Waals surface area contributed by atoms with Crippen molar-refractivity contribution in [2.24, 2.45) is 0 Å². The SMILES string of the molecule is Cc1n[nH]cc1-c1ccc(-c2ccc(O[C@H]3C[C@H]4CC[C@@H](C3)N4)nn2)c(O)c1. The van der Waals surface area contributed by atoms with Gasteiger partial charge in [-0.3, -0.25) is 5.10 Å². The zero-order valence-corrected chi connectivity index (χ0v) is 15.7. The largest absolute Gasteiger partial charge is 0.507 e. The van der Waals surface area contributed by atoms with Gasteiger partial charge in [0, 0.05) is 35.5 Å². The van der Waals surface area contributed by atoms with Gasteiger partial charge in [-0.1, -0.05) is 6.07 Å². The molecule has 2 aliphatic heterocycles. The van der Waals surface area contributed by atoms with Crippen LogP contribution in [0.4, 0.5) is 0 Å². The molecule has 3 atom stereocenters. The summed E-state index contributed by atoms with van der Waals surface area (Å²) in [5, 5.41) is 29.6. The van der Waals surface area contributed by atoms with Crippen molar-refractivity contribution in [3.63, 3.8) is 0 Å². The quantitative estimate of drug-likeness (QED) is 0.646. The second-order valence-electron chi connectivity index (χ2n) is 7.72. The summed E-state index contributed by atoms with van der Waals surface area (Å²) in [5.74, 6) is 0.705. The number of aryl methyl sites for hydroxylation is 1. The monoisotopic (exact) mass is 377 g/mol. The molecule has 144 valence electrons. The molecule has 2 fully saturated rings. The Morgan fingerprint density at radius 3 is 2.50 bits per heavy atom. The number of nitrogens with one attached hydrogen (secondary N) is 2. The molecule has 3 aromatic rings. The van der Waals surface area contributed by atoms with Crippen LogP contribution in [0.1, 0.15) is 31.4 Å². The number of piperidine rings is 1. The Morgan fingerprint density at radius 1 is 1.04 bits per heavy atom. The van der Waals surface area contributed by atoms with E-state index in [9.17, 15) is 5.11 Å². The Balaban J connectivity index is 1.32. The number of phenolic OH excluding ortho intramolecular Hbond substituents is 1. The number of hydrogen-bond acceptors (Lipinski definition) is 6. The van der Waals surface area contributed by atoms with Gasteiger partial charge in [0.15, 0.2) is 0 Å². The van der Waals surface area contributed by atoms with Gasteiger partial charge in [-0.2, -0.15) is 5.10 Å². The van der Waals surface area contributed by atoms with Gasteiger partial charge in [-0.05, 0) is 56.4 Å². The van der Waals surface area contributed by atoms with E-state index in [0.29, 0.717) is 29.2 Å². The number of nitrogens with zero attached hydrogens (tertiary/aromatic N) is 3. The van der Waals surface area contributed by atoms with E-state index in [1.807, 2.05) is 37.4 Å². The molecular formula is C21H23N5O2. The Bertz CT molecular complexity index is 973. The van der Waals surface area contributed by atoms with Crippen molar-refractivity contribution in [1.29, 1.82) is 0 Å². The number of aromatic hydroxyl groups is 1. The van der Waals surface area contributed by atoms with Crippen LogP contribution in [0.3, 0.4) is 0 Å². The van der Waals surface area contributed by atoms with Crippen molar-refractivity contribution in [1.82, 2.24) is 25.7 Å². The highest BCUT2D eigenvalue weighted by Crippen LogP contribution is 2.34. The third kappa shape index (κ3) is 3.22. The minimum atomic E-state index is 0.163. The van der Waals surface area contributed by atoms with E-state index in [4.69, 9.17) is 4.74 Å². The number of aromatic amines is 1. The Morgan fingerprint density at radius 2 is 1.86 bits per heavy atom. The average Bonchev–Trinajstić information content (AvgIpc) is 3.27. The number of phenols is 1. The fourth-order valence-corrected chi connectivity index (χ4v) is 4.36. The van der Waals surface area contributed by atoms with Crippen LogP contribution in [0.2, 0.25) is 0 Å².